The van der Waals surface area contributed by atoms with Crippen molar-refractivity contribution in [3.05, 3.63) is 30.1 Å². The van der Waals surface area contributed by atoms with E-state index >= 15 is 0 Å². The number of aromatic nitrogens is 1. The normalized spacial score (nSPS) is 15.6. The molecular weight excluding hydrogens is 154 g/mol. The molecule has 0 aliphatic heterocycles. The van der Waals surface area contributed by atoms with E-state index in [0.29, 0.717) is 12.0 Å². The first-order chi connectivity index (χ1) is 5.75. The maximum atomic E-state index is 9.50. The summed E-state index contributed by atoms with van der Waals surface area (Å²) < 4.78 is 0. The molecule has 0 radical (unpaired) electrons. The van der Waals surface area contributed by atoms with Crippen molar-refractivity contribution in [3.63, 3.8) is 0 Å². The second-order valence-corrected chi connectivity index (χ2v) is 2.71. The van der Waals surface area contributed by atoms with Gasteiger partial charge in [-0.3, -0.25) is 4.98 Å². The van der Waals surface area contributed by atoms with Gasteiger partial charge in [0.05, 0.1) is 6.10 Å². The summed E-state index contributed by atoms with van der Waals surface area (Å²) in [5, 5.41) is 18.8. The summed E-state index contributed by atoms with van der Waals surface area (Å²) >= 11 is 0. The molecule has 2 unspecified atom stereocenters. The van der Waals surface area contributed by atoms with E-state index in [1.165, 1.54) is 0 Å². The van der Waals surface area contributed by atoms with Crippen LogP contribution >= 0.6 is 0 Å². The second kappa shape index (κ2) is 4.18. The van der Waals surface area contributed by atoms with Crippen LogP contribution in [-0.4, -0.2) is 21.3 Å². The minimum Gasteiger partial charge on any atom is -0.390 e. The third-order valence-corrected chi connectivity index (χ3v) is 1.81. The first-order valence-corrected chi connectivity index (χ1v) is 4.01. The molecule has 3 heteroatoms. The fraction of sp³-hybridized carbons (Fsp3) is 0.444. The minimum atomic E-state index is -0.816. The lowest BCUT2D eigenvalue weighted by atomic mass is 10.1. The molecule has 0 bridgehead atoms. The second-order valence-electron chi connectivity index (χ2n) is 2.71. The summed E-state index contributed by atoms with van der Waals surface area (Å²) in [5.41, 5.74) is 0.659. The molecule has 1 aromatic heterocycles. The highest BCUT2D eigenvalue weighted by Crippen LogP contribution is 2.16. The molecule has 2 N–H and O–H groups in total. The molecular formula is C9H13NO2. The Morgan fingerprint density at radius 2 is 2.25 bits per heavy atom. The zero-order valence-corrected chi connectivity index (χ0v) is 7.01. The summed E-state index contributed by atoms with van der Waals surface area (Å²) in [4.78, 5) is 3.85. The van der Waals surface area contributed by atoms with Crippen LogP contribution in [0.2, 0.25) is 0 Å². The van der Waals surface area contributed by atoms with Gasteiger partial charge in [-0.1, -0.05) is 13.0 Å². The van der Waals surface area contributed by atoms with Gasteiger partial charge in [0.2, 0.25) is 0 Å². The number of hydrogen-bond acceptors (Lipinski definition) is 3. The van der Waals surface area contributed by atoms with E-state index in [-0.39, 0.29) is 0 Å². The third kappa shape index (κ3) is 2.03. The van der Waals surface area contributed by atoms with E-state index in [9.17, 15) is 10.2 Å². The highest BCUT2D eigenvalue weighted by molar-refractivity contribution is 5.12. The lowest BCUT2D eigenvalue weighted by Crippen LogP contribution is -2.16. The van der Waals surface area contributed by atoms with E-state index in [1.54, 1.807) is 24.5 Å². The first-order valence-electron chi connectivity index (χ1n) is 4.01. The average molecular weight is 167 g/mol. The minimum absolute atomic E-state index is 0.538. The van der Waals surface area contributed by atoms with Gasteiger partial charge in [-0.05, 0) is 12.5 Å². The van der Waals surface area contributed by atoms with Gasteiger partial charge in [0.25, 0.3) is 0 Å². The van der Waals surface area contributed by atoms with Gasteiger partial charge in [0, 0.05) is 18.0 Å². The summed E-state index contributed by atoms with van der Waals surface area (Å²) in [6.07, 6.45) is 2.21. The van der Waals surface area contributed by atoms with Crippen LogP contribution in [0.1, 0.15) is 25.0 Å². The predicted molar refractivity (Wildman–Crippen MR) is 45.5 cm³/mol. The molecule has 12 heavy (non-hydrogen) atoms. The number of nitrogens with zero attached hydrogens (tertiary/aromatic N) is 1. The molecule has 1 aromatic rings. The summed E-state index contributed by atoms with van der Waals surface area (Å²) in [6.45, 7) is 1.82. The van der Waals surface area contributed by atoms with Gasteiger partial charge in [0.15, 0.2) is 0 Å². The Balaban J connectivity index is 2.71. The molecule has 2 atom stereocenters. The molecule has 0 amide bonds. The molecule has 0 spiro atoms. The van der Waals surface area contributed by atoms with Crippen molar-refractivity contribution in [2.24, 2.45) is 0 Å². The predicted octanol–water partition coefficient (Wildman–Crippen LogP) is 0.886. The molecule has 66 valence electrons. The van der Waals surface area contributed by atoms with Crippen molar-refractivity contribution in [1.82, 2.24) is 4.98 Å². The Labute approximate surface area is 71.7 Å². The maximum Gasteiger partial charge on any atom is 0.106 e. The lowest BCUT2D eigenvalue weighted by molar-refractivity contribution is 0.0163. The van der Waals surface area contributed by atoms with Crippen molar-refractivity contribution in [2.75, 3.05) is 0 Å². The standard InChI is InChI=1S/C9H13NO2/c1-2-8(11)9(12)7-4-3-5-10-6-7/h3-6,8-9,11-12H,2H2,1H3. The topological polar surface area (TPSA) is 53.4 Å². The van der Waals surface area contributed by atoms with E-state index < -0.39 is 12.2 Å². The van der Waals surface area contributed by atoms with Crippen LogP contribution in [0.15, 0.2) is 24.5 Å². The van der Waals surface area contributed by atoms with Crippen LogP contribution in [0.3, 0.4) is 0 Å². The van der Waals surface area contributed by atoms with Crippen LogP contribution in [0.5, 0.6) is 0 Å². The van der Waals surface area contributed by atoms with Crippen molar-refractivity contribution < 1.29 is 10.2 Å². The van der Waals surface area contributed by atoms with Crippen LogP contribution in [-0.2, 0) is 0 Å². The van der Waals surface area contributed by atoms with Gasteiger partial charge in [-0.15, -0.1) is 0 Å². The zero-order valence-electron chi connectivity index (χ0n) is 7.01. The van der Waals surface area contributed by atoms with Gasteiger partial charge in [-0.2, -0.15) is 0 Å². The Morgan fingerprint density at radius 3 is 2.75 bits per heavy atom. The van der Waals surface area contributed by atoms with Crippen LogP contribution in [0.4, 0.5) is 0 Å². The monoisotopic (exact) mass is 167 g/mol. The summed E-state index contributed by atoms with van der Waals surface area (Å²) in [6, 6.07) is 3.48. The number of aliphatic hydroxyl groups is 2. The number of pyridine rings is 1. The van der Waals surface area contributed by atoms with E-state index in [0.717, 1.165) is 0 Å². The molecule has 0 saturated carbocycles. The van der Waals surface area contributed by atoms with Gasteiger partial charge < -0.3 is 10.2 Å². The lowest BCUT2D eigenvalue weighted by Gasteiger charge is -2.15. The molecule has 0 saturated heterocycles. The Hall–Kier alpha value is -0.930. The Kier molecular flexibility index (Phi) is 3.19. The van der Waals surface area contributed by atoms with Crippen molar-refractivity contribution in [2.45, 2.75) is 25.6 Å². The van der Waals surface area contributed by atoms with Crippen molar-refractivity contribution >= 4 is 0 Å². The van der Waals surface area contributed by atoms with Crippen LogP contribution < -0.4 is 0 Å². The van der Waals surface area contributed by atoms with Crippen LogP contribution in [0, 0.1) is 0 Å². The van der Waals surface area contributed by atoms with Gasteiger partial charge >= 0.3 is 0 Å². The zero-order chi connectivity index (χ0) is 8.97. The molecule has 3 nitrogen and oxygen atoms in total. The van der Waals surface area contributed by atoms with E-state index in [4.69, 9.17) is 0 Å². The number of rotatable bonds is 3. The quantitative estimate of drug-likeness (QED) is 0.702. The molecule has 1 rings (SSSR count). The van der Waals surface area contributed by atoms with E-state index in [2.05, 4.69) is 4.98 Å². The van der Waals surface area contributed by atoms with Crippen LogP contribution in [0.25, 0.3) is 0 Å². The number of hydrogen-bond donors (Lipinski definition) is 2. The SMILES string of the molecule is CCC(O)C(O)c1cccnc1. The summed E-state index contributed by atoms with van der Waals surface area (Å²) in [5.74, 6) is 0. The van der Waals surface area contributed by atoms with Crippen molar-refractivity contribution in [1.29, 1.82) is 0 Å². The molecule has 0 aliphatic carbocycles. The fourth-order valence-corrected chi connectivity index (χ4v) is 0.996. The average Bonchev–Trinajstić information content (AvgIpc) is 2.17. The Morgan fingerprint density at radius 1 is 1.50 bits per heavy atom. The number of aliphatic hydroxyl groups excluding tert-OH is 2. The Bertz CT molecular complexity index is 225. The largest absolute Gasteiger partial charge is 0.390 e. The smallest absolute Gasteiger partial charge is 0.106 e. The van der Waals surface area contributed by atoms with Crippen molar-refractivity contribution in [3.8, 4) is 0 Å². The first kappa shape index (κ1) is 9.16. The van der Waals surface area contributed by atoms with Gasteiger partial charge in [-0.25, -0.2) is 0 Å². The fourth-order valence-electron chi connectivity index (χ4n) is 0.996. The molecule has 1 heterocycles. The molecule has 0 fully saturated rings. The van der Waals surface area contributed by atoms with E-state index in [1.807, 2.05) is 6.92 Å². The molecule has 0 aromatic carbocycles. The third-order valence-electron chi connectivity index (χ3n) is 1.81. The maximum absolute atomic E-state index is 9.50. The highest BCUT2D eigenvalue weighted by atomic mass is 16.3. The highest BCUT2D eigenvalue weighted by Gasteiger charge is 2.15. The summed E-state index contributed by atoms with van der Waals surface area (Å²) in [7, 11) is 0. The molecule has 0 aliphatic rings. The van der Waals surface area contributed by atoms with Gasteiger partial charge in [0.1, 0.15) is 6.10 Å².